The highest BCUT2D eigenvalue weighted by atomic mass is 16.5. The third-order valence-electron chi connectivity index (χ3n) is 4.87. The normalized spacial score (nSPS) is 20.1. The number of carbonyl (C=O) groups excluding carboxylic acids is 1. The van der Waals surface area contributed by atoms with Crippen LogP contribution in [0.4, 0.5) is 0 Å². The lowest BCUT2D eigenvalue weighted by molar-refractivity contribution is -0.138. The molecule has 1 fully saturated rings. The molecule has 25 heavy (non-hydrogen) atoms. The Labute approximate surface area is 150 Å². The van der Waals surface area contributed by atoms with E-state index in [0.717, 1.165) is 17.2 Å². The van der Waals surface area contributed by atoms with Crippen LogP contribution < -0.4 is 4.74 Å². The van der Waals surface area contributed by atoms with Gasteiger partial charge < -0.3 is 14.6 Å². The first kappa shape index (κ1) is 19.5. The summed E-state index contributed by atoms with van der Waals surface area (Å²) in [5, 5.41) is 9.01. The molecule has 1 aliphatic rings. The van der Waals surface area contributed by atoms with Crippen LogP contribution in [-0.2, 0) is 16.0 Å². The molecular formula is C21H30O4. The van der Waals surface area contributed by atoms with Crippen LogP contribution in [-0.4, -0.2) is 30.9 Å². The zero-order chi connectivity index (χ0) is 18.2. The van der Waals surface area contributed by atoms with E-state index in [1.165, 1.54) is 31.2 Å². The second kappa shape index (κ2) is 9.62. The summed E-state index contributed by atoms with van der Waals surface area (Å²) < 4.78 is 10.9. The van der Waals surface area contributed by atoms with Gasteiger partial charge >= 0.3 is 5.97 Å². The number of hydrogen-bond donors (Lipinski definition) is 1. The molecular weight excluding hydrogens is 316 g/mol. The fraction of sp³-hybridized carbons (Fsp3) is 0.571. The van der Waals surface area contributed by atoms with E-state index in [2.05, 4.69) is 25.6 Å². The van der Waals surface area contributed by atoms with Gasteiger partial charge in [-0.1, -0.05) is 38.5 Å². The zero-order valence-electron chi connectivity index (χ0n) is 15.4. The van der Waals surface area contributed by atoms with Crippen LogP contribution >= 0.6 is 0 Å². The van der Waals surface area contributed by atoms with Gasteiger partial charge in [0.15, 0.2) is 0 Å². The van der Waals surface area contributed by atoms with E-state index >= 15 is 0 Å². The Morgan fingerprint density at radius 3 is 2.60 bits per heavy atom. The Balaban J connectivity index is 2.07. The van der Waals surface area contributed by atoms with Gasteiger partial charge in [-0.25, -0.2) is 4.79 Å². The topological polar surface area (TPSA) is 55.8 Å². The monoisotopic (exact) mass is 346 g/mol. The lowest BCUT2D eigenvalue weighted by atomic mass is 9.79. The van der Waals surface area contributed by atoms with Crippen molar-refractivity contribution in [2.45, 2.75) is 51.9 Å². The summed E-state index contributed by atoms with van der Waals surface area (Å²) in [6.07, 6.45) is 5.60. The van der Waals surface area contributed by atoms with Gasteiger partial charge in [-0.15, -0.1) is 0 Å². The molecule has 138 valence electrons. The predicted molar refractivity (Wildman–Crippen MR) is 98.9 cm³/mol. The summed E-state index contributed by atoms with van der Waals surface area (Å²) in [7, 11) is 0. The lowest BCUT2D eigenvalue weighted by Crippen LogP contribution is -2.13. The fourth-order valence-electron chi connectivity index (χ4n) is 3.32. The summed E-state index contributed by atoms with van der Waals surface area (Å²) in [6.45, 7) is 8.10. The Morgan fingerprint density at radius 1 is 1.24 bits per heavy atom. The average Bonchev–Trinajstić information content (AvgIpc) is 2.61. The van der Waals surface area contributed by atoms with Crippen LogP contribution in [0.3, 0.4) is 0 Å². The van der Waals surface area contributed by atoms with Crippen LogP contribution in [0, 0.1) is 5.92 Å². The average molecular weight is 346 g/mol. The zero-order valence-corrected chi connectivity index (χ0v) is 15.4. The van der Waals surface area contributed by atoms with Crippen LogP contribution in [0.2, 0.25) is 0 Å². The summed E-state index contributed by atoms with van der Waals surface area (Å²) in [6, 6.07) is 6.30. The minimum Gasteiger partial charge on any atom is -0.491 e. The number of esters is 1. The standard InChI is InChI=1S/C21H30O4/c1-15(2)21(23)25-12-10-19-14-18(8-9-20(19)24-13-11-22)17-6-4-16(3)5-7-17/h8-9,14,16-17,22H,1,4-7,10-13H2,2-3H3. The minimum absolute atomic E-state index is 0.0215. The first-order chi connectivity index (χ1) is 12.0. The maximum Gasteiger partial charge on any atom is 0.333 e. The van der Waals surface area contributed by atoms with Gasteiger partial charge in [-0.2, -0.15) is 0 Å². The molecule has 1 N–H and O–H groups in total. The molecule has 0 aromatic heterocycles. The largest absolute Gasteiger partial charge is 0.491 e. The molecule has 4 nitrogen and oxygen atoms in total. The number of rotatable bonds is 8. The third-order valence-corrected chi connectivity index (χ3v) is 4.87. The first-order valence-electron chi connectivity index (χ1n) is 9.20. The summed E-state index contributed by atoms with van der Waals surface area (Å²) >= 11 is 0. The summed E-state index contributed by atoms with van der Waals surface area (Å²) in [5.74, 6) is 1.81. The van der Waals surface area contributed by atoms with Crippen molar-refractivity contribution in [2.24, 2.45) is 5.92 Å². The fourth-order valence-corrected chi connectivity index (χ4v) is 3.32. The maximum atomic E-state index is 11.5. The summed E-state index contributed by atoms with van der Waals surface area (Å²) in [4.78, 5) is 11.5. The van der Waals surface area contributed by atoms with Crippen LogP contribution in [0.5, 0.6) is 5.75 Å². The second-order valence-electron chi connectivity index (χ2n) is 7.06. The molecule has 1 aromatic rings. The van der Waals surface area contributed by atoms with E-state index in [9.17, 15) is 4.79 Å². The van der Waals surface area contributed by atoms with Crippen molar-refractivity contribution in [3.8, 4) is 5.75 Å². The molecule has 0 radical (unpaired) electrons. The maximum absolute atomic E-state index is 11.5. The van der Waals surface area contributed by atoms with Crippen molar-refractivity contribution < 1.29 is 19.4 Å². The number of benzene rings is 1. The molecule has 1 saturated carbocycles. The number of carbonyl (C=O) groups is 1. The number of aliphatic hydroxyl groups is 1. The molecule has 0 saturated heterocycles. The molecule has 1 aromatic carbocycles. The predicted octanol–water partition coefficient (Wildman–Crippen LogP) is 4.01. The van der Waals surface area contributed by atoms with Crippen molar-refractivity contribution in [3.05, 3.63) is 41.5 Å². The Hall–Kier alpha value is -1.81. The van der Waals surface area contributed by atoms with Gasteiger partial charge in [0.2, 0.25) is 0 Å². The van der Waals surface area contributed by atoms with Crippen molar-refractivity contribution in [3.63, 3.8) is 0 Å². The summed E-state index contributed by atoms with van der Waals surface area (Å²) in [5.41, 5.74) is 2.77. The molecule has 1 aliphatic carbocycles. The molecule has 0 bridgehead atoms. The van der Waals surface area contributed by atoms with Crippen molar-refractivity contribution in [1.82, 2.24) is 0 Å². The van der Waals surface area contributed by atoms with Gasteiger partial charge in [0.25, 0.3) is 0 Å². The second-order valence-corrected chi connectivity index (χ2v) is 7.06. The Morgan fingerprint density at radius 2 is 1.96 bits per heavy atom. The van der Waals surface area contributed by atoms with Crippen molar-refractivity contribution >= 4 is 5.97 Å². The lowest BCUT2D eigenvalue weighted by Gasteiger charge is -2.27. The quantitative estimate of drug-likeness (QED) is 0.571. The van der Waals surface area contributed by atoms with Gasteiger partial charge in [0.05, 0.1) is 13.2 Å². The third kappa shape index (κ3) is 5.89. The van der Waals surface area contributed by atoms with E-state index in [-0.39, 0.29) is 19.2 Å². The van der Waals surface area contributed by atoms with E-state index in [0.29, 0.717) is 24.5 Å². The van der Waals surface area contributed by atoms with E-state index < -0.39 is 0 Å². The van der Waals surface area contributed by atoms with Gasteiger partial charge in [-0.3, -0.25) is 0 Å². The van der Waals surface area contributed by atoms with Gasteiger partial charge in [-0.05, 0) is 48.8 Å². The highest BCUT2D eigenvalue weighted by Gasteiger charge is 2.20. The van der Waals surface area contributed by atoms with Crippen LogP contribution in [0.25, 0.3) is 0 Å². The van der Waals surface area contributed by atoms with Crippen LogP contribution in [0.1, 0.15) is 56.6 Å². The Kier molecular flexibility index (Phi) is 7.51. The number of aliphatic hydroxyl groups excluding tert-OH is 1. The smallest absolute Gasteiger partial charge is 0.333 e. The van der Waals surface area contributed by atoms with Crippen molar-refractivity contribution in [2.75, 3.05) is 19.8 Å². The Bertz CT molecular complexity index is 586. The van der Waals surface area contributed by atoms with E-state index in [1.807, 2.05) is 6.07 Å². The number of ether oxygens (including phenoxy) is 2. The van der Waals surface area contributed by atoms with Crippen LogP contribution in [0.15, 0.2) is 30.4 Å². The molecule has 2 rings (SSSR count). The molecule has 0 aliphatic heterocycles. The SMILES string of the molecule is C=C(C)C(=O)OCCc1cc(C2CCC(C)CC2)ccc1OCCO. The molecule has 0 spiro atoms. The van der Waals surface area contributed by atoms with Gasteiger partial charge in [0.1, 0.15) is 12.4 Å². The van der Waals surface area contributed by atoms with Gasteiger partial charge in [0, 0.05) is 12.0 Å². The molecule has 0 atom stereocenters. The molecule has 4 heteroatoms. The molecule has 0 amide bonds. The number of hydrogen-bond acceptors (Lipinski definition) is 4. The van der Waals surface area contributed by atoms with Crippen molar-refractivity contribution in [1.29, 1.82) is 0 Å². The highest BCUT2D eigenvalue weighted by molar-refractivity contribution is 5.86. The minimum atomic E-state index is -0.366. The van der Waals surface area contributed by atoms with E-state index in [1.54, 1.807) is 6.92 Å². The molecule has 0 heterocycles. The highest BCUT2D eigenvalue weighted by Crippen LogP contribution is 2.37. The van der Waals surface area contributed by atoms with E-state index in [4.69, 9.17) is 14.6 Å². The molecule has 0 unspecified atom stereocenters. The first-order valence-corrected chi connectivity index (χ1v) is 9.20.